The molecule has 2 rings (SSSR count). The van der Waals surface area contributed by atoms with E-state index in [-0.39, 0.29) is 5.91 Å². The normalized spacial score (nSPS) is 11.7. The van der Waals surface area contributed by atoms with Crippen molar-refractivity contribution in [1.29, 1.82) is 0 Å². The van der Waals surface area contributed by atoms with Gasteiger partial charge in [0.05, 0.1) is 0 Å². The molecule has 98 valence electrons. The Morgan fingerprint density at radius 1 is 1.26 bits per heavy atom. The third-order valence-electron chi connectivity index (χ3n) is 2.62. The number of aryl methyl sites for hydroxylation is 1. The van der Waals surface area contributed by atoms with E-state index in [4.69, 9.17) is 4.74 Å². The second kappa shape index (κ2) is 6.00. The topological polar surface area (TPSA) is 51.2 Å². The summed E-state index contributed by atoms with van der Waals surface area (Å²) in [5.74, 6) is 0.505. The molecule has 0 fully saturated rings. The van der Waals surface area contributed by atoms with Crippen molar-refractivity contribution in [3.63, 3.8) is 0 Å². The maximum Gasteiger partial charge on any atom is 0.265 e. The monoisotopic (exact) mass is 256 g/mol. The summed E-state index contributed by atoms with van der Waals surface area (Å²) in [5, 5.41) is 2.77. The van der Waals surface area contributed by atoms with E-state index in [2.05, 4.69) is 10.3 Å². The second-order valence-electron chi connectivity index (χ2n) is 4.30. The lowest BCUT2D eigenvalue weighted by Crippen LogP contribution is -2.30. The summed E-state index contributed by atoms with van der Waals surface area (Å²) in [4.78, 5) is 15.8. The predicted octanol–water partition coefficient (Wildman–Crippen LogP) is 2.80. The molecule has 0 radical (unpaired) electrons. The van der Waals surface area contributed by atoms with Gasteiger partial charge in [0, 0.05) is 18.1 Å². The van der Waals surface area contributed by atoms with Crippen LogP contribution in [-0.4, -0.2) is 17.0 Å². The first kappa shape index (κ1) is 13.1. The molecule has 2 aromatic rings. The van der Waals surface area contributed by atoms with Gasteiger partial charge in [-0.15, -0.1) is 0 Å². The van der Waals surface area contributed by atoms with Crippen LogP contribution in [0.15, 0.2) is 48.8 Å². The maximum absolute atomic E-state index is 11.9. The first-order valence-electron chi connectivity index (χ1n) is 6.09. The molecule has 0 saturated carbocycles. The summed E-state index contributed by atoms with van der Waals surface area (Å²) in [6, 6.07) is 11.1. The van der Waals surface area contributed by atoms with Crippen molar-refractivity contribution < 1.29 is 9.53 Å². The Bertz CT molecular complexity index is 555. The fourth-order valence-corrected chi connectivity index (χ4v) is 1.63. The van der Waals surface area contributed by atoms with Crippen LogP contribution in [0.3, 0.4) is 0 Å². The molecule has 0 saturated heterocycles. The quantitative estimate of drug-likeness (QED) is 0.915. The van der Waals surface area contributed by atoms with Gasteiger partial charge >= 0.3 is 0 Å². The van der Waals surface area contributed by atoms with Crippen molar-refractivity contribution in [2.45, 2.75) is 20.0 Å². The highest BCUT2D eigenvalue weighted by molar-refractivity contribution is 5.93. The summed E-state index contributed by atoms with van der Waals surface area (Å²) in [6.45, 7) is 3.70. The number of carbonyl (C=O) groups excluding carboxylic acids is 1. The Morgan fingerprint density at radius 2 is 2.00 bits per heavy atom. The van der Waals surface area contributed by atoms with Gasteiger partial charge in [-0.1, -0.05) is 12.1 Å². The molecule has 0 unspecified atom stereocenters. The number of pyridine rings is 1. The van der Waals surface area contributed by atoms with Crippen molar-refractivity contribution in [2.24, 2.45) is 0 Å². The number of hydrogen-bond acceptors (Lipinski definition) is 3. The van der Waals surface area contributed by atoms with Crippen molar-refractivity contribution in [3.05, 3.63) is 54.4 Å². The maximum atomic E-state index is 11.9. The van der Waals surface area contributed by atoms with Crippen LogP contribution in [0.1, 0.15) is 12.5 Å². The van der Waals surface area contributed by atoms with Gasteiger partial charge < -0.3 is 10.1 Å². The first-order valence-corrected chi connectivity index (χ1v) is 6.09. The minimum atomic E-state index is -0.560. The number of rotatable bonds is 4. The zero-order chi connectivity index (χ0) is 13.7. The van der Waals surface area contributed by atoms with Crippen molar-refractivity contribution in [2.75, 3.05) is 5.32 Å². The lowest BCUT2D eigenvalue weighted by Gasteiger charge is -2.15. The van der Waals surface area contributed by atoms with Crippen LogP contribution < -0.4 is 10.1 Å². The summed E-state index contributed by atoms with van der Waals surface area (Å²) in [7, 11) is 0. The number of amides is 1. The van der Waals surface area contributed by atoms with E-state index in [9.17, 15) is 4.79 Å². The van der Waals surface area contributed by atoms with Gasteiger partial charge in [-0.3, -0.25) is 9.78 Å². The molecule has 0 aliphatic carbocycles. The summed E-state index contributed by atoms with van der Waals surface area (Å²) in [5.41, 5.74) is 1.80. The molecular formula is C15H16N2O2. The minimum absolute atomic E-state index is 0.187. The molecule has 1 N–H and O–H groups in total. The number of carbonyl (C=O) groups is 1. The van der Waals surface area contributed by atoms with Gasteiger partial charge in [0.25, 0.3) is 5.91 Å². The molecule has 0 aliphatic rings. The van der Waals surface area contributed by atoms with E-state index < -0.39 is 6.10 Å². The molecule has 1 atom stereocenters. The molecule has 0 bridgehead atoms. The minimum Gasteiger partial charge on any atom is -0.481 e. The number of hydrogen-bond donors (Lipinski definition) is 1. The van der Waals surface area contributed by atoms with Gasteiger partial charge in [-0.25, -0.2) is 0 Å². The average Bonchev–Trinajstić information content (AvgIpc) is 2.40. The van der Waals surface area contributed by atoms with Gasteiger partial charge in [0.1, 0.15) is 5.75 Å². The summed E-state index contributed by atoms with van der Waals surface area (Å²) >= 11 is 0. The largest absolute Gasteiger partial charge is 0.481 e. The molecule has 0 spiro atoms. The van der Waals surface area contributed by atoms with Crippen LogP contribution in [0, 0.1) is 6.92 Å². The SMILES string of the molecule is Cc1cccc(O[C@@H](C)C(=O)Nc2ccncc2)c1. The summed E-state index contributed by atoms with van der Waals surface area (Å²) < 4.78 is 5.60. The molecule has 1 heterocycles. The fraction of sp³-hybridized carbons (Fsp3) is 0.200. The lowest BCUT2D eigenvalue weighted by atomic mass is 10.2. The number of nitrogens with zero attached hydrogens (tertiary/aromatic N) is 1. The predicted molar refractivity (Wildman–Crippen MR) is 74.1 cm³/mol. The van der Waals surface area contributed by atoms with E-state index in [1.165, 1.54) is 0 Å². The molecule has 19 heavy (non-hydrogen) atoms. The third kappa shape index (κ3) is 3.81. The standard InChI is InChI=1S/C15H16N2O2/c1-11-4-3-5-14(10-11)19-12(2)15(18)17-13-6-8-16-9-7-13/h3-10,12H,1-2H3,(H,16,17,18)/t12-/m0/s1. The molecule has 1 aromatic heterocycles. The van der Waals surface area contributed by atoms with E-state index >= 15 is 0 Å². The van der Waals surface area contributed by atoms with Crippen LogP contribution >= 0.6 is 0 Å². The molecule has 0 aliphatic heterocycles. The molecule has 1 amide bonds. The van der Waals surface area contributed by atoms with Gasteiger partial charge in [0.15, 0.2) is 6.10 Å². The average molecular weight is 256 g/mol. The number of aromatic nitrogens is 1. The Morgan fingerprint density at radius 3 is 2.68 bits per heavy atom. The second-order valence-corrected chi connectivity index (χ2v) is 4.30. The first-order chi connectivity index (χ1) is 9.15. The highest BCUT2D eigenvalue weighted by atomic mass is 16.5. The van der Waals surface area contributed by atoms with Crippen LogP contribution in [0.2, 0.25) is 0 Å². The Kier molecular flexibility index (Phi) is 4.13. The van der Waals surface area contributed by atoms with E-state index in [1.807, 2.05) is 31.2 Å². The van der Waals surface area contributed by atoms with E-state index in [0.29, 0.717) is 11.4 Å². The van der Waals surface area contributed by atoms with Gasteiger partial charge in [-0.2, -0.15) is 0 Å². The fourth-order valence-electron chi connectivity index (χ4n) is 1.63. The highest BCUT2D eigenvalue weighted by Gasteiger charge is 2.14. The number of benzene rings is 1. The van der Waals surface area contributed by atoms with Crippen LogP contribution in [0.4, 0.5) is 5.69 Å². The number of ether oxygens (including phenoxy) is 1. The third-order valence-corrected chi connectivity index (χ3v) is 2.62. The number of nitrogens with one attached hydrogen (secondary N) is 1. The number of anilines is 1. The highest BCUT2D eigenvalue weighted by Crippen LogP contribution is 2.15. The molecule has 4 heteroatoms. The Balaban J connectivity index is 1.96. The zero-order valence-electron chi connectivity index (χ0n) is 11.0. The summed E-state index contributed by atoms with van der Waals surface area (Å²) in [6.07, 6.45) is 2.69. The van der Waals surface area contributed by atoms with Crippen LogP contribution in [0.5, 0.6) is 5.75 Å². The lowest BCUT2D eigenvalue weighted by molar-refractivity contribution is -0.122. The molecule has 1 aromatic carbocycles. The van der Waals surface area contributed by atoms with Crippen LogP contribution in [0.25, 0.3) is 0 Å². The zero-order valence-corrected chi connectivity index (χ0v) is 11.0. The van der Waals surface area contributed by atoms with Crippen molar-refractivity contribution >= 4 is 11.6 Å². The van der Waals surface area contributed by atoms with Crippen LogP contribution in [-0.2, 0) is 4.79 Å². The van der Waals surface area contributed by atoms with E-state index in [0.717, 1.165) is 5.56 Å². The van der Waals surface area contributed by atoms with E-state index in [1.54, 1.807) is 31.5 Å². The van der Waals surface area contributed by atoms with Gasteiger partial charge in [0.2, 0.25) is 0 Å². The van der Waals surface area contributed by atoms with Gasteiger partial charge in [-0.05, 0) is 43.7 Å². The Labute approximate surface area is 112 Å². The Hall–Kier alpha value is -2.36. The van der Waals surface area contributed by atoms with Crippen molar-refractivity contribution in [1.82, 2.24) is 4.98 Å². The molecule has 4 nitrogen and oxygen atoms in total. The van der Waals surface area contributed by atoms with Crippen molar-refractivity contribution in [3.8, 4) is 5.75 Å². The smallest absolute Gasteiger partial charge is 0.265 e. The molecular weight excluding hydrogens is 240 g/mol.